The highest BCUT2D eigenvalue weighted by Gasteiger charge is 2.24. The van der Waals surface area contributed by atoms with Crippen molar-refractivity contribution in [2.45, 2.75) is 18.9 Å². The number of piperidine rings is 1. The number of para-hydroxylation sites is 1. The summed E-state index contributed by atoms with van der Waals surface area (Å²) in [6.45, 7) is 9.04. The van der Waals surface area contributed by atoms with Gasteiger partial charge in [-0.1, -0.05) is 24.8 Å². The number of likely N-dealkylation sites (tertiary alicyclic amines) is 1. The number of carbonyl (C=O) groups is 1. The first-order valence-electron chi connectivity index (χ1n) is 14.4. The summed E-state index contributed by atoms with van der Waals surface area (Å²) in [5, 5.41) is 11.1. The highest BCUT2D eigenvalue weighted by Crippen LogP contribution is 2.28. The molecule has 4 aromatic rings. The van der Waals surface area contributed by atoms with Gasteiger partial charge in [0, 0.05) is 56.4 Å². The normalized spacial score (nSPS) is 17.6. The first kappa shape index (κ1) is 27.4. The Labute approximate surface area is 245 Å². The maximum absolute atomic E-state index is 12.3. The molecule has 0 spiro atoms. The number of pyridine rings is 2. The van der Waals surface area contributed by atoms with Crippen LogP contribution in [0.5, 0.6) is 0 Å². The zero-order chi connectivity index (χ0) is 28.9. The first-order chi connectivity index (χ1) is 20.5. The van der Waals surface area contributed by atoms with Gasteiger partial charge in [0.1, 0.15) is 17.5 Å². The number of fused-ring (bicyclic) bond motifs is 1. The fourth-order valence-corrected chi connectivity index (χ4v) is 5.38. The molecular weight excluding hydrogens is 528 g/mol. The van der Waals surface area contributed by atoms with Crippen molar-refractivity contribution in [2.75, 3.05) is 67.2 Å². The van der Waals surface area contributed by atoms with Crippen LogP contribution in [-0.2, 0) is 4.79 Å². The van der Waals surface area contributed by atoms with Crippen LogP contribution in [0.3, 0.4) is 0 Å². The molecule has 0 radical (unpaired) electrons. The summed E-state index contributed by atoms with van der Waals surface area (Å²) < 4.78 is 0. The lowest BCUT2D eigenvalue weighted by Crippen LogP contribution is -2.44. The van der Waals surface area contributed by atoms with Gasteiger partial charge >= 0.3 is 0 Å². The summed E-state index contributed by atoms with van der Waals surface area (Å²) in [5.41, 5.74) is 2.71. The van der Waals surface area contributed by atoms with Gasteiger partial charge in [0.25, 0.3) is 0 Å². The summed E-state index contributed by atoms with van der Waals surface area (Å²) in [4.78, 5) is 37.7. The molecule has 5 heterocycles. The second-order valence-electron chi connectivity index (χ2n) is 10.8. The van der Waals surface area contributed by atoms with Gasteiger partial charge in [-0.05, 0) is 56.3 Å². The van der Waals surface area contributed by atoms with E-state index in [0.29, 0.717) is 35.5 Å². The summed E-state index contributed by atoms with van der Waals surface area (Å²) in [7, 11) is 2.15. The molecule has 11 heteroatoms. The Balaban J connectivity index is 1.26. The number of anilines is 6. The zero-order valence-electron chi connectivity index (χ0n) is 23.8. The quantitative estimate of drug-likeness (QED) is 0.268. The fraction of sp³-hybridized carbons (Fsp3) is 0.323. The third-order valence-electron chi connectivity index (χ3n) is 7.73. The Kier molecular flexibility index (Phi) is 8.09. The second kappa shape index (κ2) is 12.4. The number of likely N-dealkylation sites (N-methyl/N-ethyl adjacent to an activating group) is 1. The molecule has 42 heavy (non-hydrogen) atoms. The smallest absolute Gasteiger partial charge is 0.246 e. The maximum Gasteiger partial charge on any atom is 0.246 e. The minimum absolute atomic E-state index is 0.0404. The van der Waals surface area contributed by atoms with Gasteiger partial charge in [0.15, 0.2) is 0 Å². The van der Waals surface area contributed by atoms with Crippen molar-refractivity contribution >= 4 is 51.6 Å². The molecule has 0 unspecified atom stereocenters. The van der Waals surface area contributed by atoms with Crippen molar-refractivity contribution < 1.29 is 4.79 Å². The minimum atomic E-state index is -0.0534. The Hall–Kier alpha value is -4.77. The fourth-order valence-electron chi connectivity index (χ4n) is 5.38. The third kappa shape index (κ3) is 6.41. The Morgan fingerprint density at radius 2 is 1.76 bits per heavy atom. The number of hydrogen-bond acceptors (Lipinski definition) is 10. The van der Waals surface area contributed by atoms with Gasteiger partial charge < -0.3 is 30.7 Å². The van der Waals surface area contributed by atoms with E-state index < -0.39 is 0 Å². The Morgan fingerprint density at radius 1 is 0.952 bits per heavy atom. The topological polar surface area (TPSA) is 114 Å². The zero-order valence-corrected chi connectivity index (χ0v) is 23.8. The van der Waals surface area contributed by atoms with Crippen molar-refractivity contribution in [1.82, 2.24) is 29.7 Å². The van der Waals surface area contributed by atoms with Crippen molar-refractivity contribution in [3.05, 3.63) is 73.6 Å². The van der Waals surface area contributed by atoms with E-state index in [4.69, 9.17) is 9.97 Å². The molecule has 0 aliphatic carbocycles. The van der Waals surface area contributed by atoms with Crippen LogP contribution in [0.2, 0.25) is 0 Å². The van der Waals surface area contributed by atoms with E-state index in [-0.39, 0.29) is 11.9 Å². The van der Waals surface area contributed by atoms with Gasteiger partial charge in [-0.15, -0.1) is 0 Å². The van der Waals surface area contributed by atoms with Crippen molar-refractivity contribution in [1.29, 1.82) is 0 Å². The standard InChI is InChI=1S/C31H36N10O/c1-3-29(42)41-13-7-10-23(21-41)34-30-25-18-28(33-20-26(25)36-31(38-30)35-22-8-5-4-6-9-22)37-27-12-11-24(19-32-27)40-16-14-39(2)15-17-40/h3-6,8-9,11-12,18-20,23H,1,7,10,13-17,21H2,2H3,(H,32,33,37)(H2,34,35,36,38)/t23-/m1/s1. The van der Waals surface area contributed by atoms with Crippen LogP contribution in [0, 0.1) is 0 Å². The van der Waals surface area contributed by atoms with E-state index >= 15 is 0 Å². The monoisotopic (exact) mass is 564 g/mol. The Bertz CT molecular complexity index is 1540. The van der Waals surface area contributed by atoms with Crippen molar-refractivity contribution in [3.63, 3.8) is 0 Å². The van der Waals surface area contributed by atoms with E-state index in [9.17, 15) is 4.79 Å². The van der Waals surface area contributed by atoms with Gasteiger partial charge in [-0.25, -0.2) is 15.0 Å². The number of carbonyl (C=O) groups excluding carboxylic acids is 1. The van der Waals surface area contributed by atoms with E-state index in [1.807, 2.05) is 53.6 Å². The average Bonchev–Trinajstić information content (AvgIpc) is 3.02. The van der Waals surface area contributed by atoms with Crippen LogP contribution in [0.15, 0.2) is 73.6 Å². The number of aromatic nitrogens is 4. The number of hydrogen-bond donors (Lipinski definition) is 3. The molecule has 2 aliphatic heterocycles. The molecule has 2 saturated heterocycles. The van der Waals surface area contributed by atoms with Crippen LogP contribution in [0.25, 0.3) is 10.9 Å². The summed E-state index contributed by atoms with van der Waals surface area (Å²) >= 11 is 0. The number of nitrogens with one attached hydrogen (secondary N) is 3. The SMILES string of the molecule is C=CC(=O)N1CCC[C@@H](Nc2nc(Nc3ccccc3)nc3cnc(Nc4ccc(N5CCN(C)CC5)cn4)cc23)C1. The average molecular weight is 565 g/mol. The van der Waals surface area contributed by atoms with Gasteiger partial charge in [0.05, 0.1) is 23.6 Å². The molecule has 1 atom stereocenters. The van der Waals surface area contributed by atoms with Gasteiger partial charge in [-0.2, -0.15) is 4.98 Å². The summed E-state index contributed by atoms with van der Waals surface area (Å²) in [6.07, 6.45) is 6.85. The van der Waals surface area contributed by atoms with E-state index in [1.54, 1.807) is 6.20 Å². The van der Waals surface area contributed by atoms with E-state index in [1.165, 1.54) is 6.08 Å². The molecule has 2 aliphatic rings. The first-order valence-corrected chi connectivity index (χ1v) is 14.4. The van der Waals surface area contributed by atoms with Crippen LogP contribution in [-0.4, -0.2) is 88.0 Å². The van der Waals surface area contributed by atoms with Crippen molar-refractivity contribution in [3.8, 4) is 0 Å². The predicted molar refractivity (Wildman–Crippen MR) is 168 cm³/mol. The lowest BCUT2D eigenvalue weighted by Gasteiger charge is -2.33. The van der Waals surface area contributed by atoms with Gasteiger partial charge in [0.2, 0.25) is 11.9 Å². The lowest BCUT2D eigenvalue weighted by atomic mass is 10.1. The van der Waals surface area contributed by atoms with Crippen LogP contribution >= 0.6 is 0 Å². The minimum Gasteiger partial charge on any atom is -0.368 e. The molecule has 3 aromatic heterocycles. The third-order valence-corrected chi connectivity index (χ3v) is 7.73. The van der Waals surface area contributed by atoms with Crippen LogP contribution in [0.4, 0.5) is 34.8 Å². The summed E-state index contributed by atoms with van der Waals surface area (Å²) in [5.74, 6) is 2.45. The maximum atomic E-state index is 12.3. The van der Waals surface area contributed by atoms with Crippen molar-refractivity contribution in [2.24, 2.45) is 0 Å². The molecule has 1 amide bonds. The highest BCUT2D eigenvalue weighted by atomic mass is 16.2. The highest BCUT2D eigenvalue weighted by molar-refractivity contribution is 5.92. The molecule has 6 rings (SSSR count). The van der Waals surface area contributed by atoms with Crippen LogP contribution < -0.4 is 20.9 Å². The van der Waals surface area contributed by atoms with Crippen LogP contribution in [0.1, 0.15) is 12.8 Å². The summed E-state index contributed by atoms with van der Waals surface area (Å²) in [6, 6.07) is 15.9. The Morgan fingerprint density at radius 3 is 2.52 bits per heavy atom. The number of nitrogens with zero attached hydrogens (tertiary/aromatic N) is 7. The molecule has 3 N–H and O–H groups in total. The number of benzene rings is 1. The molecule has 0 bridgehead atoms. The predicted octanol–water partition coefficient (Wildman–Crippen LogP) is 4.25. The molecule has 1 aromatic carbocycles. The van der Waals surface area contributed by atoms with Gasteiger partial charge in [-0.3, -0.25) is 4.79 Å². The number of piperazine rings is 1. The molecule has 0 saturated carbocycles. The largest absolute Gasteiger partial charge is 0.368 e. The molecule has 11 nitrogen and oxygen atoms in total. The number of rotatable bonds is 8. The lowest BCUT2D eigenvalue weighted by molar-refractivity contribution is -0.127. The molecular formula is C31H36N10O. The molecule has 2 fully saturated rings. The number of amides is 1. The van der Waals surface area contributed by atoms with E-state index in [0.717, 1.165) is 62.3 Å². The molecule has 216 valence electrons. The second-order valence-corrected chi connectivity index (χ2v) is 10.8. The van der Waals surface area contributed by atoms with E-state index in [2.05, 4.69) is 55.4 Å².